The molecule has 2 saturated heterocycles. The van der Waals surface area contributed by atoms with Crippen molar-refractivity contribution in [1.82, 2.24) is 10.6 Å². The summed E-state index contributed by atoms with van der Waals surface area (Å²) in [5.41, 5.74) is 1.93. The maximum atomic E-state index is 13.3. The number of benzene rings is 2. The van der Waals surface area contributed by atoms with E-state index >= 15 is 0 Å². The highest BCUT2D eigenvalue weighted by Crippen LogP contribution is 2.52. The number of hydrogen-bond acceptors (Lipinski definition) is 4. The fraction of sp³-hybridized carbons (Fsp3) is 0.292. The molecule has 6 nitrogen and oxygen atoms in total. The number of ether oxygens (including phenoxy) is 1. The van der Waals surface area contributed by atoms with Gasteiger partial charge < -0.3 is 15.4 Å². The van der Waals surface area contributed by atoms with E-state index in [-0.39, 0.29) is 17.9 Å². The van der Waals surface area contributed by atoms with E-state index in [9.17, 15) is 9.59 Å². The first-order valence-corrected chi connectivity index (χ1v) is 10.8. The molecule has 0 unspecified atom stereocenters. The van der Waals surface area contributed by atoms with Gasteiger partial charge in [-0.15, -0.1) is 0 Å². The second-order valence-electron chi connectivity index (χ2n) is 8.27. The number of carbonyl (C=O) groups excluding carboxylic acids is 2. The van der Waals surface area contributed by atoms with Crippen molar-refractivity contribution in [3.8, 4) is 0 Å². The third-order valence-corrected chi connectivity index (χ3v) is 6.56. The first kappa shape index (κ1) is 19.9. The summed E-state index contributed by atoms with van der Waals surface area (Å²) in [4.78, 5) is 27.8. The van der Waals surface area contributed by atoms with E-state index in [4.69, 9.17) is 17.0 Å². The molecular formula is C24H23N3O3S. The van der Waals surface area contributed by atoms with Crippen molar-refractivity contribution in [2.24, 2.45) is 11.8 Å². The minimum atomic E-state index is -0.875. The Kier molecular flexibility index (Phi) is 4.87. The number of nitrogens with zero attached hydrogens (tertiary/aromatic N) is 1. The van der Waals surface area contributed by atoms with Gasteiger partial charge in [-0.05, 0) is 36.8 Å². The van der Waals surface area contributed by atoms with E-state index in [1.165, 1.54) is 4.90 Å². The topological polar surface area (TPSA) is 70.7 Å². The van der Waals surface area contributed by atoms with E-state index in [0.717, 1.165) is 11.1 Å². The van der Waals surface area contributed by atoms with Crippen molar-refractivity contribution in [3.63, 3.8) is 0 Å². The molecule has 2 aromatic rings. The van der Waals surface area contributed by atoms with E-state index in [0.29, 0.717) is 23.9 Å². The van der Waals surface area contributed by atoms with E-state index < -0.39 is 17.4 Å². The smallest absolute Gasteiger partial charge is 0.241 e. The largest absolute Gasteiger partial charge is 0.360 e. The molecule has 0 saturated carbocycles. The van der Waals surface area contributed by atoms with Crippen molar-refractivity contribution in [2.45, 2.75) is 25.2 Å². The van der Waals surface area contributed by atoms with Gasteiger partial charge in [0.25, 0.3) is 0 Å². The molecule has 2 N–H and O–H groups in total. The molecule has 2 bridgehead atoms. The summed E-state index contributed by atoms with van der Waals surface area (Å²) in [5, 5.41) is 6.84. The Bertz CT molecular complexity index is 1070. The average molecular weight is 434 g/mol. The Morgan fingerprint density at radius 2 is 1.81 bits per heavy atom. The molecule has 3 aliphatic heterocycles. The monoisotopic (exact) mass is 433 g/mol. The molecular weight excluding hydrogens is 410 g/mol. The zero-order valence-corrected chi connectivity index (χ0v) is 17.9. The first-order chi connectivity index (χ1) is 15.0. The number of anilines is 1. The lowest BCUT2D eigenvalue weighted by Gasteiger charge is -2.29. The summed E-state index contributed by atoms with van der Waals surface area (Å²) in [5.74, 6) is -1.46. The summed E-state index contributed by atoms with van der Waals surface area (Å²) in [6.07, 6.45) is 3.42. The van der Waals surface area contributed by atoms with Crippen LogP contribution >= 0.6 is 12.2 Å². The molecule has 7 heteroatoms. The molecule has 2 amide bonds. The average Bonchev–Trinajstić information content (AvgIpc) is 3.43. The van der Waals surface area contributed by atoms with Crippen molar-refractivity contribution >= 4 is 34.8 Å². The lowest BCUT2D eigenvalue weighted by Crippen LogP contribution is -2.50. The van der Waals surface area contributed by atoms with Crippen molar-refractivity contribution in [1.29, 1.82) is 0 Å². The van der Waals surface area contributed by atoms with E-state index in [2.05, 4.69) is 10.6 Å². The van der Waals surface area contributed by atoms with Crippen molar-refractivity contribution in [2.75, 3.05) is 11.4 Å². The second kappa shape index (κ2) is 7.59. The molecule has 0 radical (unpaired) electrons. The molecule has 3 heterocycles. The number of nitrogens with one attached hydrogen (secondary N) is 2. The Morgan fingerprint density at radius 3 is 2.55 bits per heavy atom. The van der Waals surface area contributed by atoms with Crippen molar-refractivity contribution < 1.29 is 14.3 Å². The number of imide groups is 1. The minimum absolute atomic E-state index is 0.195. The van der Waals surface area contributed by atoms with Crippen LogP contribution in [0.1, 0.15) is 11.1 Å². The fourth-order valence-corrected chi connectivity index (χ4v) is 4.86. The first-order valence-electron chi connectivity index (χ1n) is 10.4. The SMILES string of the molecule is Cc1ccc(N2C(=O)[C@@H]3[C@@H](C2=O)[C@@]2(CNC(=S)NCc4ccccc4)C=C[C@H]3O2)cc1. The highest BCUT2D eigenvalue weighted by atomic mass is 32.1. The molecule has 2 fully saturated rings. The molecule has 0 spiro atoms. The second-order valence-corrected chi connectivity index (χ2v) is 8.68. The van der Waals surface area contributed by atoms with Crippen LogP contribution in [0.15, 0.2) is 66.7 Å². The zero-order chi connectivity index (χ0) is 21.6. The Balaban J connectivity index is 1.29. The molecule has 5 rings (SSSR count). The van der Waals surface area contributed by atoms with Gasteiger partial charge in [-0.2, -0.15) is 0 Å². The normalized spacial score (nSPS) is 28.2. The number of hydrogen-bond donors (Lipinski definition) is 2. The van der Waals surface area contributed by atoms with Gasteiger partial charge in [-0.1, -0.05) is 60.2 Å². The quantitative estimate of drug-likeness (QED) is 0.429. The Morgan fingerprint density at radius 1 is 1.06 bits per heavy atom. The standard InChI is InChI=1S/C24H23N3O3S/c1-15-7-9-17(10-8-15)27-21(28)19-18-11-12-24(30-18,20(19)22(27)29)14-26-23(31)25-13-16-5-3-2-4-6-16/h2-12,18-20H,13-14H2,1H3,(H2,25,26,31)/t18-,19+,20+,24+/m1/s1. The third-order valence-electron chi connectivity index (χ3n) is 6.27. The summed E-state index contributed by atoms with van der Waals surface area (Å²) < 4.78 is 6.15. The van der Waals surface area contributed by atoms with Gasteiger partial charge in [0, 0.05) is 6.54 Å². The molecule has 4 atom stereocenters. The van der Waals surface area contributed by atoms with Crippen LogP contribution in [0.4, 0.5) is 5.69 Å². The molecule has 2 aromatic carbocycles. The summed E-state index contributed by atoms with van der Waals surface area (Å²) in [7, 11) is 0. The number of amides is 2. The maximum Gasteiger partial charge on any atom is 0.241 e. The number of thiocarbonyl (C=S) groups is 1. The number of rotatable bonds is 5. The Labute approximate surface area is 186 Å². The molecule has 3 aliphatic rings. The van der Waals surface area contributed by atoms with Crippen LogP contribution < -0.4 is 15.5 Å². The predicted molar refractivity (Wildman–Crippen MR) is 121 cm³/mol. The Hall–Kier alpha value is -3.03. The van der Waals surface area contributed by atoms with Crippen LogP contribution in [0.2, 0.25) is 0 Å². The molecule has 158 valence electrons. The zero-order valence-electron chi connectivity index (χ0n) is 17.1. The van der Waals surface area contributed by atoms with E-state index in [1.54, 1.807) is 0 Å². The van der Waals surface area contributed by atoms with Crippen LogP contribution in [0.5, 0.6) is 0 Å². The van der Waals surface area contributed by atoms with Crippen LogP contribution in [-0.4, -0.2) is 35.2 Å². The maximum absolute atomic E-state index is 13.3. The fourth-order valence-electron chi connectivity index (χ4n) is 4.71. The van der Waals surface area contributed by atoms with Crippen LogP contribution in [-0.2, 0) is 20.9 Å². The lowest BCUT2D eigenvalue weighted by molar-refractivity contribution is -0.126. The molecule has 0 aromatic heterocycles. The van der Waals surface area contributed by atoms with Gasteiger partial charge in [0.1, 0.15) is 5.60 Å². The van der Waals surface area contributed by atoms with Crippen LogP contribution in [0, 0.1) is 18.8 Å². The van der Waals surface area contributed by atoms with Crippen molar-refractivity contribution in [3.05, 3.63) is 77.9 Å². The highest BCUT2D eigenvalue weighted by molar-refractivity contribution is 7.80. The summed E-state index contributed by atoms with van der Waals surface area (Å²) >= 11 is 5.42. The van der Waals surface area contributed by atoms with E-state index in [1.807, 2.05) is 73.7 Å². The van der Waals surface area contributed by atoms with Gasteiger partial charge >= 0.3 is 0 Å². The number of carbonyl (C=O) groups is 2. The lowest BCUT2D eigenvalue weighted by atomic mass is 9.77. The van der Waals surface area contributed by atoms with Gasteiger partial charge in [0.05, 0.1) is 30.2 Å². The predicted octanol–water partition coefficient (Wildman–Crippen LogP) is 2.47. The van der Waals surface area contributed by atoms with Crippen LogP contribution in [0.25, 0.3) is 0 Å². The number of fused-ring (bicyclic) bond motifs is 5. The number of aryl methyl sites for hydroxylation is 1. The van der Waals surface area contributed by atoms with Gasteiger partial charge in [-0.3, -0.25) is 9.59 Å². The molecule has 0 aliphatic carbocycles. The van der Waals surface area contributed by atoms with Gasteiger partial charge in [0.2, 0.25) is 11.8 Å². The third kappa shape index (κ3) is 3.34. The summed E-state index contributed by atoms with van der Waals surface area (Å²) in [6, 6.07) is 17.4. The minimum Gasteiger partial charge on any atom is -0.360 e. The summed E-state index contributed by atoms with van der Waals surface area (Å²) in [6.45, 7) is 2.89. The van der Waals surface area contributed by atoms with Crippen LogP contribution in [0.3, 0.4) is 0 Å². The van der Waals surface area contributed by atoms with Gasteiger partial charge in [0.15, 0.2) is 5.11 Å². The van der Waals surface area contributed by atoms with Gasteiger partial charge in [-0.25, -0.2) is 4.90 Å². The molecule has 31 heavy (non-hydrogen) atoms. The highest BCUT2D eigenvalue weighted by Gasteiger charge is 2.67.